The maximum Gasteiger partial charge on any atom is -0.00141 e. The fourth-order valence-electron chi connectivity index (χ4n) is 2.55. The Morgan fingerprint density at radius 2 is 0.900 bits per heavy atom. The average molecular weight is 252 g/mol. The van der Waals surface area contributed by atoms with Gasteiger partial charge in [0.25, 0.3) is 0 Å². The molecular formula is C20H12. The van der Waals surface area contributed by atoms with Crippen LogP contribution in [0.4, 0.5) is 0 Å². The second-order valence-corrected chi connectivity index (χ2v) is 4.92. The molecular weight excluding hydrogens is 240 g/mol. The van der Waals surface area contributed by atoms with Crippen LogP contribution in [0.1, 0.15) is 0 Å². The van der Waals surface area contributed by atoms with Gasteiger partial charge < -0.3 is 0 Å². The normalized spacial score (nSPS) is 11.0. The molecule has 92 valence electrons. The van der Waals surface area contributed by atoms with E-state index >= 15 is 0 Å². The third-order valence-electron chi connectivity index (χ3n) is 3.61. The van der Waals surface area contributed by atoms with Crippen molar-refractivity contribution in [3.05, 3.63) is 84.9 Å². The van der Waals surface area contributed by atoms with Crippen molar-refractivity contribution < 1.29 is 0 Å². The van der Waals surface area contributed by atoms with Gasteiger partial charge in [0.1, 0.15) is 0 Å². The van der Waals surface area contributed by atoms with Crippen LogP contribution >= 0.6 is 0 Å². The molecule has 0 unspecified atom stereocenters. The summed E-state index contributed by atoms with van der Waals surface area (Å²) in [6.07, 6.45) is 0. The SMILES string of the molecule is [c]1c(-c2[c]c3ccccc3cc2)ccc2ccccc12. The van der Waals surface area contributed by atoms with Gasteiger partial charge in [0.05, 0.1) is 0 Å². The molecule has 0 nitrogen and oxygen atoms in total. The van der Waals surface area contributed by atoms with Crippen LogP contribution in [-0.4, -0.2) is 0 Å². The van der Waals surface area contributed by atoms with E-state index in [1.54, 1.807) is 0 Å². The lowest BCUT2D eigenvalue weighted by Crippen LogP contribution is -1.81. The second-order valence-electron chi connectivity index (χ2n) is 4.92. The number of hydrogen-bond donors (Lipinski definition) is 0. The lowest BCUT2D eigenvalue weighted by Gasteiger charge is -2.05. The topological polar surface area (TPSA) is 0 Å². The molecule has 0 atom stereocenters. The van der Waals surface area contributed by atoms with Crippen LogP contribution in [0.15, 0.2) is 72.8 Å². The standard InChI is InChI=1S/C20H12/c1-3-7-17-13-19(11-9-15(17)5-1)20-12-10-16-6-2-4-8-18(16)14-20/h1-12H. The summed E-state index contributed by atoms with van der Waals surface area (Å²) in [5.41, 5.74) is 2.18. The summed E-state index contributed by atoms with van der Waals surface area (Å²) < 4.78 is 0. The van der Waals surface area contributed by atoms with Crippen LogP contribution in [0, 0.1) is 12.1 Å². The Balaban J connectivity index is 1.91. The molecule has 4 aromatic carbocycles. The zero-order valence-corrected chi connectivity index (χ0v) is 10.9. The quantitative estimate of drug-likeness (QED) is 0.433. The molecule has 0 saturated heterocycles. The van der Waals surface area contributed by atoms with Gasteiger partial charge >= 0.3 is 0 Å². The van der Waals surface area contributed by atoms with Crippen LogP contribution < -0.4 is 0 Å². The van der Waals surface area contributed by atoms with Gasteiger partial charge in [-0.05, 0) is 44.8 Å². The lowest BCUT2D eigenvalue weighted by atomic mass is 9.99. The fourth-order valence-corrected chi connectivity index (χ4v) is 2.55. The van der Waals surface area contributed by atoms with Crippen molar-refractivity contribution in [2.45, 2.75) is 0 Å². The molecule has 0 aliphatic heterocycles. The molecule has 0 heteroatoms. The third-order valence-corrected chi connectivity index (χ3v) is 3.61. The molecule has 0 aliphatic carbocycles. The molecule has 0 aromatic heterocycles. The molecule has 20 heavy (non-hydrogen) atoms. The molecule has 0 aliphatic rings. The van der Waals surface area contributed by atoms with Crippen molar-refractivity contribution in [3.63, 3.8) is 0 Å². The first-order valence-electron chi connectivity index (χ1n) is 6.73. The third kappa shape index (κ3) is 1.86. The Hall–Kier alpha value is -2.60. The van der Waals surface area contributed by atoms with Gasteiger partial charge in [-0.15, -0.1) is 0 Å². The molecule has 0 amide bonds. The Morgan fingerprint density at radius 3 is 1.40 bits per heavy atom. The summed E-state index contributed by atoms with van der Waals surface area (Å²) >= 11 is 0. The van der Waals surface area contributed by atoms with E-state index in [0.717, 1.165) is 21.9 Å². The molecule has 0 spiro atoms. The number of hydrogen-bond acceptors (Lipinski definition) is 0. The van der Waals surface area contributed by atoms with E-state index in [-0.39, 0.29) is 0 Å². The maximum atomic E-state index is 3.48. The highest BCUT2D eigenvalue weighted by atomic mass is 14.1. The average Bonchev–Trinajstić information content (AvgIpc) is 2.54. The van der Waals surface area contributed by atoms with Gasteiger partial charge in [0.2, 0.25) is 0 Å². The van der Waals surface area contributed by atoms with Crippen molar-refractivity contribution in [2.75, 3.05) is 0 Å². The van der Waals surface area contributed by atoms with Gasteiger partial charge in [-0.1, -0.05) is 72.8 Å². The van der Waals surface area contributed by atoms with Gasteiger partial charge in [-0.3, -0.25) is 0 Å². The first kappa shape index (κ1) is 11.2. The summed E-state index contributed by atoms with van der Waals surface area (Å²) in [5.74, 6) is 0. The smallest absolute Gasteiger partial charge is 0.00141 e. The molecule has 0 bridgehead atoms. The van der Waals surface area contributed by atoms with Crippen LogP contribution in [0.25, 0.3) is 32.7 Å². The summed E-state index contributed by atoms with van der Waals surface area (Å²) in [6.45, 7) is 0. The molecule has 0 N–H and O–H groups in total. The minimum Gasteiger partial charge on any atom is -0.0616 e. The minimum absolute atomic E-state index is 1.09. The van der Waals surface area contributed by atoms with Gasteiger partial charge in [-0.2, -0.15) is 0 Å². The van der Waals surface area contributed by atoms with E-state index < -0.39 is 0 Å². The zero-order valence-electron chi connectivity index (χ0n) is 10.9. The van der Waals surface area contributed by atoms with Crippen molar-refractivity contribution in [1.82, 2.24) is 0 Å². The van der Waals surface area contributed by atoms with Gasteiger partial charge in [0.15, 0.2) is 0 Å². The first-order chi connectivity index (χ1) is 9.90. The Bertz CT molecular complexity index is 826. The van der Waals surface area contributed by atoms with E-state index in [0.29, 0.717) is 0 Å². The second kappa shape index (κ2) is 4.50. The maximum absolute atomic E-state index is 3.48. The molecule has 4 rings (SSSR count). The Kier molecular flexibility index (Phi) is 2.53. The summed E-state index contributed by atoms with van der Waals surface area (Å²) in [6, 6.07) is 32.1. The van der Waals surface area contributed by atoms with Crippen molar-refractivity contribution in [1.29, 1.82) is 0 Å². The van der Waals surface area contributed by atoms with E-state index in [4.69, 9.17) is 0 Å². The van der Waals surface area contributed by atoms with Crippen LogP contribution in [-0.2, 0) is 0 Å². The first-order valence-corrected chi connectivity index (χ1v) is 6.73. The highest BCUT2D eigenvalue weighted by Crippen LogP contribution is 2.26. The predicted octanol–water partition coefficient (Wildman–Crippen LogP) is 5.26. The minimum atomic E-state index is 1.09. The van der Waals surface area contributed by atoms with Crippen molar-refractivity contribution in [2.24, 2.45) is 0 Å². The highest BCUT2D eigenvalue weighted by molar-refractivity contribution is 5.90. The number of rotatable bonds is 1. The van der Waals surface area contributed by atoms with E-state index in [2.05, 4.69) is 72.8 Å². The summed E-state index contributed by atoms with van der Waals surface area (Å²) in [7, 11) is 0. The van der Waals surface area contributed by atoms with Crippen molar-refractivity contribution in [3.8, 4) is 11.1 Å². The monoisotopic (exact) mass is 252 g/mol. The van der Waals surface area contributed by atoms with E-state index in [9.17, 15) is 0 Å². The zero-order chi connectivity index (χ0) is 13.4. The van der Waals surface area contributed by atoms with Crippen molar-refractivity contribution >= 4 is 21.5 Å². The lowest BCUT2D eigenvalue weighted by molar-refractivity contribution is 1.65. The van der Waals surface area contributed by atoms with Crippen LogP contribution in [0.5, 0.6) is 0 Å². The van der Waals surface area contributed by atoms with Crippen LogP contribution in [0.3, 0.4) is 0 Å². The molecule has 4 aromatic rings. The van der Waals surface area contributed by atoms with Crippen LogP contribution in [0.2, 0.25) is 0 Å². The molecule has 0 fully saturated rings. The number of fused-ring (bicyclic) bond motifs is 2. The highest BCUT2D eigenvalue weighted by Gasteiger charge is 2.02. The van der Waals surface area contributed by atoms with E-state index in [1.165, 1.54) is 10.8 Å². The molecule has 0 saturated carbocycles. The molecule has 0 heterocycles. The van der Waals surface area contributed by atoms with Gasteiger partial charge in [0, 0.05) is 0 Å². The molecule has 2 radical (unpaired) electrons. The Labute approximate surface area is 118 Å². The van der Waals surface area contributed by atoms with E-state index in [1.807, 2.05) is 12.1 Å². The summed E-state index contributed by atoms with van der Waals surface area (Å²) in [4.78, 5) is 0. The summed E-state index contributed by atoms with van der Waals surface area (Å²) in [5, 5.41) is 4.73. The predicted molar refractivity (Wildman–Crippen MR) is 84.6 cm³/mol. The van der Waals surface area contributed by atoms with Gasteiger partial charge in [-0.25, -0.2) is 0 Å². The fraction of sp³-hybridized carbons (Fsp3) is 0. The Morgan fingerprint density at radius 1 is 0.450 bits per heavy atom. The number of benzene rings is 4. The largest absolute Gasteiger partial charge is 0.0616 e.